The normalized spacial score (nSPS) is 16.5. The second-order valence-corrected chi connectivity index (χ2v) is 7.74. The Balaban J connectivity index is 1.73. The fraction of sp³-hybridized carbons (Fsp3) is 0.400. The van der Waals surface area contributed by atoms with Crippen molar-refractivity contribution in [1.82, 2.24) is 4.98 Å². The Morgan fingerprint density at radius 2 is 2.00 bits per heavy atom. The number of hydrogen-bond acceptors (Lipinski definition) is 4. The van der Waals surface area contributed by atoms with Crippen LogP contribution in [0.2, 0.25) is 0 Å². The molecule has 0 aliphatic heterocycles. The van der Waals surface area contributed by atoms with E-state index in [4.69, 9.17) is 9.54 Å². The van der Waals surface area contributed by atoms with Gasteiger partial charge in [-0.05, 0) is 43.4 Å². The monoisotopic (exact) mass is 338 g/mol. The predicted octanol–water partition coefficient (Wildman–Crippen LogP) is 3.19. The molecular weight excluding hydrogens is 320 g/mol. The Morgan fingerprint density at radius 3 is 2.50 bits per heavy atom. The van der Waals surface area contributed by atoms with E-state index in [1.807, 2.05) is 16.9 Å². The molecule has 0 atom stereocenters. The second-order valence-electron chi connectivity index (χ2n) is 5.73. The van der Waals surface area contributed by atoms with E-state index >= 15 is 0 Å². The summed E-state index contributed by atoms with van der Waals surface area (Å²) < 4.78 is 32.4. The van der Waals surface area contributed by atoms with E-state index in [0.717, 1.165) is 36.9 Å². The maximum atomic E-state index is 10.8. The number of aromatic nitrogens is 1. The molecule has 2 aromatic rings. The van der Waals surface area contributed by atoms with Gasteiger partial charge in [-0.3, -0.25) is 9.27 Å². The van der Waals surface area contributed by atoms with Crippen molar-refractivity contribution in [2.75, 3.05) is 4.72 Å². The van der Waals surface area contributed by atoms with E-state index in [1.165, 1.54) is 5.01 Å². The molecule has 5 nitrogen and oxygen atoms in total. The molecule has 0 spiro atoms. The zero-order valence-electron chi connectivity index (χ0n) is 12.2. The third-order valence-corrected chi connectivity index (χ3v) is 5.60. The lowest BCUT2D eigenvalue weighted by Gasteiger charge is -2.12. The van der Waals surface area contributed by atoms with Crippen LogP contribution in [0, 0.1) is 0 Å². The first-order chi connectivity index (χ1) is 10.4. The average Bonchev–Trinajstić information content (AvgIpc) is 3.06. The first-order valence-corrected chi connectivity index (χ1v) is 9.51. The third kappa shape index (κ3) is 3.48. The van der Waals surface area contributed by atoms with Crippen LogP contribution in [0.4, 0.5) is 5.69 Å². The van der Waals surface area contributed by atoms with Crippen LogP contribution in [0.15, 0.2) is 29.6 Å². The number of benzene rings is 1. The highest BCUT2D eigenvalue weighted by Crippen LogP contribution is 2.51. The second kappa shape index (κ2) is 5.64. The Labute approximate surface area is 134 Å². The molecule has 7 heteroatoms. The lowest BCUT2D eigenvalue weighted by Crippen LogP contribution is -2.12. The minimum Gasteiger partial charge on any atom is -0.269 e. The van der Waals surface area contributed by atoms with Crippen molar-refractivity contribution < 1.29 is 13.0 Å². The van der Waals surface area contributed by atoms with Crippen LogP contribution in [0.25, 0.3) is 0 Å². The highest BCUT2D eigenvalue weighted by molar-refractivity contribution is 7.87. The topological polar surface area (TPSA) is 79.3 Å². The van der Waals surface area contributed by atoms with Crippen LogP contribution in [0.1, 0.15) is 36.0 Å². The number of thiazole rings is 1. The van der Waals surface area contributed by atoms with Crippen molar-refractivity contribution in [3.63, 3.8) is 0 Å². The largest absolute Gasteiger partial charge is 0.357 e. The number of rotatable bonds is 6. The molecule has 2 N–H and O–H groups in total. The summed E-state index contributed by atoms with van der Waals surface area (Å²) >= 11 is 1.74. The molecule has 1 aliphatic rings. The molecule has 118 valence electrons. The summed E-state index contributed by atoms with van der Waals surface area (Å²) in [6.45, 7) is 2.11. The molecule has 0 radical (unpaired) electrons. The smallest absolute Gasteiger partial charge is 0.269 e. The Morgan fingerprint density at radius 1 is 1.32 bits per heavy atom. The van der Waals surface area contributed by atoms with Gasteiger partial charge >= 0.3 is 10.3 Å². The van der Waals surface area contributed by atoms with Crippen LogP contribution in [0.5, 0.6) is 0 Å². The highest BCUT2D eigenvalue weighted by atomic mass is 32.2. The van der Waals surface area contributed by atoms with Crippen molar-refractivity contribution in [2.45, 2.75) is 38.0 Å². The van der Waals surface area contributed by atoms with E-state index in [2.05, 4.69) is 12.3 Å². The van der Waals surface area contributed by atoms with Crippen LogP contribution in [0.3, 0.4) is 0 Å². The molecule has 0 bridgehead atoms. The van der Waals surface area contributed by atoms with Gasteiger partial charge in [0.05, 0.1) is 16.4 Å². The van der Waals surface area contributed by atoms with E-state index in [1.54, 1.807) is 23.5 Å². The van der Waals surface area contributed by atoms with Gasteiger partial charge < -0.3 is 0 Å². The fourth-order valence-corrected chi connectivity index (χ4v) is 4.16. The standard InChI is InChI=1S/C15H18N2O3S2/c1-2-12-10-21-14(16-12)15(7-8-15)9-11-3-5-13(6-4-11)17-22(18,19)20/h3-6,10,17H,2,7-9H2,1H3,(H,18,19,20). The number of anilines is 1. The van der Waals surface area contributed by atoms with E-state index in [-0.39, 0.29) is 5.41 Å². The summed E-state index contributed by atoms with van der Waals surface area (Å²) in [6, 6.07) is 7.11. The Bertz CT molecular complexity index is 762. The first kappa shape index (κ1) is 15.5. The molecule has 1 fully saturated rings. The van der Waals surface area contributed by atoms with Crippen molar-refractivity contribution >= 4 is 27.3 Å². The van der Waals surface area contributed by atoms with Gasteiger partial charge in [0.15, 0.2) is 0 Å². The van der Waals surface area contributed by atoms with Crippen LogP contribution in [-0.2, 0) is 28.6 Å². The van der Waals surface area contributed by atoms with Crippen LogP contribution >= 0.6 is 11.3 Å². The summed E-state index contributed by atoms with van der Waals surface area (Å²) in [5.41, 5.74) is 2.82. The molecule has 22 heavy (non-hydrogen) atoms. The summed E-state index contributed by atoms with van der Waals surface area (Å²) in [5.74, 6) is 0. The summed E-state index contributed by atoms with van der Waals surface area (Å²) in [4.78, 5) is 4.72. The SMILES string of the molecule is CCc1csc(C2(Cc3ccc(NS(=O)(=O)O)cc3)CC2)n1. The highest BCUT2D eigenvalue weighted by Gasteiger charge is 2.46. The lowest BCUT2D eigenvalue weighted by molar-refractivity contribution is 0.489. The minimum atomic E-state index is -4.21. The Kier molecular flexibility index (Phi) is 3.96. The Hall–Kier alpha value is -1.44. The molecule has 0 unspecified atom stereocenters. The molecular formula is C15H18N2O3S2. The van der Waals surface area contributed by atoms with Crippen LogP contribution in [-0.4, -0.2) is 18.0 Å². The minimum absolute atomic E-state index is 0.163. The summed E-state index contributed by atoms with van der Waals surface area (Å²) in [7, 11) is -4.21. The van der Waals surface area contributed by atoms with Gasteiger partial charge in [0.2, 0.25) is 0 Å². The summed E-state index contributed by atoms with van der Waals surface area (Å²) in [5, 5.41) is 3.35. The van der Waals surface area contributed by atoms with Gasteiger partial charge in [-0.2, -0.15) is 8.42 Å². The molecule has 1 aliphatic carbocycles. The first-order valence-electron chi connectivity index (χ1n) is 7.19. The average molecular weight is 338 g/mol. The van der Waals surface area contributed by atoms with Crippen molar-refractivity contribution in [3.8, 4) is 0 Å². The molecule has 0 amide bonds. The number of aryl methyl sites for hydroxylation is 1. The number of nitrogens with zero attached hydrogens (tertiary/aromatic N) is 1. The van der Waals surface area contributed by atoms with Gasteiger partial charge in [-0.1, -0.05) is 19.1 Å². The molecule has 1 aromatic carbocycles. The zero-order chi connectivity index (χ0) is 15.8. The maximum Gasteiger partial charge on any atom is 0.357 e. The maximum absolute atomic E-state index is 10.8. The molecule has 1 aromatic heterocycles. The molecule has 3 rings (SSSR count). The zero-order valence-corrected chi connectivity index (χ0v) is 13.9. The fourth-order valence-electron chi connectivity index (χ4n) is 2.56. The van der Waals surface area contributed by atoms with E-state index < -0.39 is 10.3 Å². The van der Waals surface area contributed by atoms with Crippen molar-refractivity contribution in [3.05, 3.63) is 45.9 Å². The van der Waals surface area contributed by atoms with Gasteiger partial charge in [0.25, 0.3) is 0 Å². The molecule has 1 saturated carbocycles. The molecule has 0 saturated heterocycles. The van der Waals surface area contributed by atoms with Crippen molar-refractivity contribution in [1.29, 1.82) is 0 Å². The number of nitrogens with one attached hydrogen (secondary N) is 1. The van der Waals surface area contributed by atoms with Gasteiger partial charge in [0, 0.05) is 10.8 Å². The van der Waals surface area contributed by atoms with E-state index in [9.17, 15) is 8.42 Å². The lowest BCUT2D eigenvalue weighted by atomic mass is 9.97. The quantitative estimate of drug-likeness (QED) is 0.793. The predicted molar refractivity (Wildman–Crippen MR) is 87.7 cm³/mol. The third-order valence-electron chi connectivity index (χ3n) is 3.96. The van der Waals surface area contributed by atoms with Gasteiger partial charge in [0.1, 0.15) is 0 Å². The summed E-state index contributed by atoms with van der Waals surface area (Å²) in [6.07, 6.45) is 4.17. The number of hydrogen-bond donors (Lipinski definition) is 2. The molecule has 1 heterocycles. The van der Waals surface area contributed by atoms with Gasteiger partial charge in [-0.25, -0.2) is 4.98 Å². The van der Waals surface area contributed by atoms with Crippen molar-refractivity contribution in [2.24, 2.45) is 0 Å². The van der Waals surface area contributed by atoms with E-state index in [0.29, 0.717) is 5.69 Å². The van der Waals surface area contributed by atoms with Gasteiger partial charge in [-0.15, -0.1) is 11.3 Å². The van der Waals surface area contributed by atoms with Crippen LogP contribution < -0.4 is 4.72 Å².